The number of likely N-dealkylation sites (tertiary alicyclic amines) is 1. The van der Waals surface area contributed by atoms with Crippen LogP contribution in [0.5, 0.6) is 0 Å². The van der Waals surface area contributed by atoms with Crippen LogP contribution in [0, 0.1) is 11.8 Å². The molecule has 1 aliphatic carbocycles. The van der Waals surface area contributed by atoms with Crippen molar-refractivity contribution < 1.29 is 0 Å². The summed E-state index contributed by atoms with van der Waals surface area (Å²) in [6.07, 6.45) is 5.84. The maximum Gasteiger partial charge on any atom is 0.00696 e. The zero-order valence-electron chi connectivity index (χ0n) is 11.2. The highest BCUT2D eigenvalue weighted by molar-refractivity contribution is 4.85. The number of nitrogens with zero attached hydrogens (tertiary/aromatic N) is 1. The van der Waals surface area contributed by atoms with Gasteiger partial charge < -0.3 is 10.2 Å². The second-order valence-corrected chi connectivity index (χ2v) is 6.24. The van der Waals surface area contributed by atoms with Crippen LogP contribution >= 0.6 is 0 Å². The predicted octanol–water partition coefficient (Wildman–Crippen LogP) is 2.49. The molecule has 2 fully saturated rings. The lowest BCUT2D eigenvalue weighted by Crippen LogP contribution is -2.34. The zero-order chi connectivity index (χ0) is 11.5. The Morgan fingerprint density at radius 1 is 1.12 bits per heavy atom. The molecule has 0 aromatic carbocycles. The third kappa shape index (κ3) is 3.74. The fourth-order valence-corrected chi connectivity index (χ4v) is 2.82. The van der Waals surface area contributed by atoms with Gasteiger partial charge in [-0.3, -0.25) is 0 Å². The molecule has 1 N–H and O–H groups in total. The van der Waals surface area contributed by atoms with E-state index in [0.717, 1.165) is 17.9 Å². The minimum Gasteiger partial charge on any atom is -0.314 e. The van der Waals surface area contributed by atoms with Crippen molar-refractivity contribution in [3.63, 3.8) is 0 Å². The van der Waals surface area contributed by atoms with E-state index in [-0.39, 0.29) is 0 Å². The van der Waals surface area contributed by atoms with Crippen molar-refractivity contribution in [3.05, 3.63) is 0 Å². The van der Waals surface area contributed by atoms with Gasteiger partial charge in [-0.2, -0.15) is 0 Å². The Bertz CT molecular complexity index is 211. The van der Waals surface area contributed by atoms with Crippen LogP contribution in [0.15, 0.2) is 0 Å². The normalized spacial score (nSPS) is 28.9. The van der Waals surface area contributed by atoms with Gasteiger partial charge in [-0.05, 0) is 44.7 Å². The molecule has 2 aliphatic rings. The molecule has 1 heterocycles. The van der Waals surface area contributed by atoms with E-state index >= 15 is 0 Å². The van der Waals surface area contributed by atoms with Crippen LogP contribution in [0.25, 0.3) is 0 Å². The van der Waals surface area contributed by atoms with Crippen molar-refractivity contribution in [2.75, 3.05) is 19.6 Å². The van der Waals surface area contributed by atoms with Gasteiger partial charge in [0.2, 0.25) is 0 Å². The first-order valence-electron chi connectivity index (χ1n) is 7.12. The molecule has 16 heavy (non-hydrogen) atoms. The molecule has 1 saturated carbocycles. The first kappa shape index (κ1) is 12.4. The molecular weight excluding hydrogens is 196 g/mol. The highest BCUT2D eigenvalue weighted by atomic mass is 15.2. The standard InChI is InChI=1S/C14H28N2/c1-11(2)15-9-14-6-7-16(10-14)12(3)8-13-4-5-13/h11-15H,4-10H2,1-3H3. The maximum atomic E-state index is 3.57. The quantitative estimate of drug-likeness (QED) is 0.746. The van der Waals surface area contributed by atoms with E-state index in [9.17, 15) is 0 Å². The Balaban J connectivity index is 1.65. The highest BCUT2D eigenvalue weighted by Gasteiger charge is 2.30. The fraction of sp³-hybridized carbons (Fsp3) is 1.00. The van der Waals surface area contributed by atoms with E-state index in [1.807, 2.05) is 0 Å². The fourth-order valence-electron chi connectivity index (χ4n) is 2.82. The first-order chi connectivity index (χ1) is 7.65. The van der Waals surface area contributed by atoms with E-state index in [1.165, 1.54) is 45.3 Å². The van der Waals surface area contributed by atoms with Crippen molar-refractivity contribution in [1.29, 1.82) is 0 Å². The van der Waals surface area contributed by atoms with E-state index in [4.69, 9.17) is 0 Å². The van der Waals surface area contributed by atoms with Gasteiger partial charge >= 0.3 is 0 Å². The lowest BCUT2D eigenvalue weighted by Gasteiger charge is -2.24. The van der Waals surface area contributed by atoms with Gasteiger partial charge in [0.05, 0.1) is 0 Å². The van der Waals surface area contributed by atoms with Crippen molar-refractivity contribution >= 4 is 0 Å². The molecule has 0 radical (unpaired) electrons. The molecule has 1 saturated heterocycles. The Hall–Kier alpha value is -0.0800. The topological polar surface area (TPSA) is 15.3 Å². The average Bonchev–Trinajstić information content (AvgIpc) is 2.92. The molecule has 0 aromatic rings. The summed E-state index contributed by atoms with van der Waals surface area (Å²) >= 11 is 0. The minimum atomic E-state index is 0.637. The molecule has 0 bridgehead atoms. The highest BCUT2D eigenvalue weighted by Crippen LogP contribution is 2.35. The summed E-state index contributed by atoms with van der Waals surface area (Å²) in [7, 11) is 0. The van der Waals surface area contributed by atoms with Crippen molar-refractivity contribution in [3.8, 4) is 0 Å². The molecular formula is C14H28N2. The van der Waals surface area contributed by atoms with Gasteiger partial charge in [-0.25, -0.2) is 0 Å². The molecule has 0 aromatic heterocycles. The Morgan fingerprint density at radius 2 is 1.88 bits per heavy atom. The van der Waals surface area contributed by atoms with E-state index in [1.54, 1.807) is 0 Å². The van der Waals surface area contributed by atoms with Crippen LogP contribution in [-0.4, -0.2) is 36.6 Å². The van der Waals surface area contributed by atoms with Crippen LogP contribution in [0.3, 0.4) is 0 Å². The number of hydrogen-bond donors (Lipinski definition) is 1. The van der Waals surface area contributed by atoms with Gasteiger partial charge in [0.25, 0.3) is 0 Å². The van der Waals surface area contributed by atoms with Gasteiger partial charge in [0.1, 0.15) is 0 Å². The molecule has 0 spiro atoms. The average molecular weight is 224 g/mol. The molecule has 2 atom stereocenters. The lowest BCUT2D eigenvalue weighted by molar-refractivity contribution is 0.229. The lowest BCUT2D eigenvalue weighted by atomic mass is 10.1. The smallest absolute Gasteiger partial charge is 0.00696 e. The van der Waals surface area contributed by atoms with Crippen molar-refractivity contribution in [2.24, 2.45) is 11.8 Å². The monoisotopic (exact) mass is 224 g/mol. The zero-order valence-corrected chi connectivity index (χ0v) is 11.2. The summed E-state index contributed by atoms with van der Waals surface area (Å²) in [6, 6.07) is 1.47. The molecule has 2 heteroatoms. The minimum absolute atomic E-state index is 0.637. The summed E-state index contributed by atoms with van der Waals surface area (Å²) in [5, 5.41) is 3.57. The van der Waals surface area contributed by atoms with E-state index in [2.05, 4.69) is 31.0 Å². The summed E-state index contributed by atoms with van der Waals surface area (Å²) in [5.41, 5.74) is 0. The van der Waals surface area contributed by atoms with E-state index < -0.39 is 0 Å². The van der Waals surface area contributed by atoms with Gasteiger partial charge in [-0.1, -0.05) is 26.7 Å². The van der Waals surface area contributed by atoms with Gasteiger partial charge in [0, 0.05) is 18.6 Å². The second kappa shape index (κ2) is 5.50. The summed E-state index contributed by atoms with van der Waals surface area (Å²) in [6.45, 7) is 10.8. The van der Waals surface area contributed by atoms with Crippen LogP contribution in [0.1, 0.15) is 46.5 Å². The van der Waals surface area contributed by atoms with Crippen LogP contribution < -0.4 is 5.32 Å². The SMILES string of the molecule is CC(C)NCC1CCN(C(C)CC2CC2)C1. The molecule has 2 unspecified atom stereocenters. The van der Waals surface area contributed by atoms with Gasteiger partial charge in [-0.15, -0.1) is 0 Å². The number of hydrogen-bond acceptors (Lipinski definition) is 2. The molecule has 2 nitrogen and oxygen atoms in total. The first-order valence-corrected chi connectivity index (χ1v) is 7.12. The largest absolute Gasteiger partial charge is 0.314 e. The number of rotatable bonds is 6. The molecule has 1 aliphatic heterocycles. The number of nitrogens with one attached hydrogen (secondary N) is 1. The maximum absolute atomic E-state index is 3.57. The van der Waals surface area contributed by atoms with Crippen molar-refractivity contribution in [2.45, 2.75) is 58.5 Å². The third-order valence-corrected chi connectivity index (χ3v) is 4.13. The predicted molar refractivity (Wildman–Crippen MR) is 69.6 cm³/mol. The second-order valence-electron chi connectivity index (χ2n) is 6.24. The van der Waals surface area contributed by atoms with E-state index in [0.29, 0.717) is 6.04 Å². The molecule has 94 valence electrons. The van der Waals surface area contributed by atoms with Crippen LogP contribution in [-0.2, 0) is 0 Å². The summed E-state index contributed by atoms with van der Waals surface area (Å²) in [5.74, 6) is 1.96. The van der Waals surface area contributed by atoms with Gasteiger partial charge in [0.15, 0.2) is 0 Å². The van der Waals surface area contributed by atoms with Crippen LogP contribution in [0.4, 0.5) is 0 Å². The van der Waals surface area contributed by atoms with Crippen molar-refractivity contribution in [1.82, 2.24) is 10.2 Å². The third-order valence-electron chi connectivity index (χ3n) is 4.13. The Morgan fingerprint density at radius 3 is 2.50 bits per heavy atom. The summed E-state index contributed by atoms with van der Waals surface area (Å²) < 4.78 is 0. The van der Waals surface area contributed by atoms with Crippen LogP contribution in [0.2, 0.25) is 0 Å². The Labute approximate surface area is 101 Å². The molecule has 2 rings (SSSR count). The summed E-state index contributed by atoms with van der Waals surface area (Å²) in [4.78, 5) is 2.71. The molecule has 0 amide bonds. The Kier molecular flexibility index (Phi) is 4.26.